The number of fused-ring (bicyclic) bond motifs is 1. The second kappa shape index (κ2) is 9.24. The molecule has 0 amide bonds. The average molecular weight is 462 g/mol. The maximum Gasteiger partial charge on any atom is 0.141 e. The molecule has 1 saturated heterocycles. The number of methoxy groups -OCH3 is 1. The normalized spacial score (nSPS) is 15.7. The maximum atomic E-state index is 10.1. The molecule has 0 aliphatic carbocycles. The molecule has 1 aliphatic heterocycles. The molecule has 5 rings (SSSR count). The van der Waals surface area contributed by atoms with Gasteiger partial charge in [-0.15, -0.1) is 0 Å². The summed E-state index contributed by atoms with van der Waals surface area (Å²) >= 11 is 0. The lowest BCUT2D eigenvalue weighted by molar-refractivity contribution is 0.0616. The molecule has 3 aromatic heterocycles. The van der Waals surface area contributed by atoms with E-state index < -0.39 is 6.10 Å². The summed E-state index contributed by atoms with van der Waals surface area (Å²) in [4.78, 5) is 4.92. The van der Waals surface area contributed by atoms with Gasteiger partial charge in [0.2, 0.25) is 0 Å². The van der Waals surface area contributed by atoms with Gasteiger partial charge in [-0.25, -0.2) is 0 Å². The van der Waals surface area contributed by atoms with E-state index in [1.165, 1.54) is 0 Å². The van der Waals surface area contributed by atoms with E-state index in [4.69, 9.17) is 19.0 Å². The summed E-state index contributed by atoms with van der Waals surface area (Å²) < 4.78 is 18.9. The van der Waals surface area contributed by atoms with E-state index in [9.17, 15) is 5.11 Å². The van der Waals surface area contributed by atoms with Crippen molar-refractivity contribution in [3.8, 4) is 28.0 Å². The summed E-state index contributed by atoms with van der Waals surface area (Å²) in [5.74, 6) is 2.03. The maximum absolute atomic E-state index is 10.1. The van der Waals surface area contributed by atoms with Crippen molar-refractivity contribution < 1.29 is 19.1 Å². The van der Waals surface area contributed by atoms with Gasteiger partial charge in [-0.1, -0.05) is 17.3 Å². The smallest absolute Gasteiger partial charge is 0.141 e. The number of benzene rings is 1. The quantitative estimate of drug-likeness (QED) is 0.410. The number of rotatable bonds is 6. The van der Waals surface area contributed by atoms with Gasteiger partial charge in [-0.05, 0) is 57.2 Å². The zero-order valence-corrected chi connectivity index (χ0v) is 20.2. The summed E-state index contributed by atoms with van der Waals surface area (Å²) in [6.07, 6.45) is 5.61. The molecule has 1 aliphatic rings. The van der Waals surface area contributed by atoms with Crippen molar-refractivity contribution in [1.82, 2.24) is 14.7 Å². The van der Waals surface area contributed by atoms with Gasteiger partial charge >= 0.3 is 0 Å². The van der Waals surface area contributed by atoms with Crippen LogP contribution in [0, 0.1) is 19.8 Å². The van der Waals surface area contributed by atoms with Gasteiger partial charge < -0.3 is 23.7 Å². The number of ether oxygens (including phenoxy) is 2. The van der Waals surface area contributed by atoms with Gasteiger partial charge in [0, 0.05) is 54.4 Å². The predicted molar refractivity (Wildman–Crippen MR) is 131 cm³/mol. The van der Waals surface area contributed by atoms with Crippen LogP contribution in [0.25, 0.3) is 33.3 Å². The van der Waals surface area contributed by atoms with Crippen molar-refractivity contribution >= 4 is 11.0 Å². The van der Waals surface area contributed by atoms with Crippen molar-refractivity contribution in [3.63, 3.8) is 0 Å². The highest BCUT2D eigenvalue weighted by atomic mass is 16.5. The lowest BCUT2D eigenvalue weighted by Gasteiger charge is -2.22. The number of pyridine rings is 1. The molecule has 1 N–H and O–H groups in total. The SMILES string of the molecule is COc1cc(-c2cn(CC3CCOCC3)c3cc(-c4c(C)noc4C)cnc23)ccc1C(C)O. The fourth-order valence-electron chi connectivity index (χ4n) is 4.99. The summed E-state index contributed by atoms with van der Waals surface area (Å²) in [6.45, 7) is 8.18. The van der Waals surface area contributed by atoms with Crippen molar-refractivity contribution in [3.05, 3.63) is 53.7 Å². The van der Waals surface area contributed by atoms with E-state index in [0.29, 0.717) is 11.7 Å². The molecule has 1 atom stereocenters. The first-order valence-electron chi connectivity index (χ1n) is 11.8. The minimum atomic E-state index is -0.602. The molecule has 1 fully saturated rings. The van der Waals surface area contributed by atoms with Gasteiger partial charge in [-0.3, -0.25) is 4.98 Å². The molecule has 178 valence electrons. The summed E-state index contributed by atoms with van der Waals surface area (Å²) in [6, 6.07) is 8.14. The van der Waals surface area contributed by atoms with E-state index in [1.54, 1.807) is 14.0 Å². The third-order valence-corrected chi connectivity index (χ3v) is 6.83. The fourth-order valence-corrected chi connectivity index (χ4v) is 4.99. The van der Waals surface area contributed by atoms with Crippen LogP contribution in [-0.4, -0.2) is 40.1 Å². The minimum absolute atomic E-state index is 0.562. The Morgan fingerprint density at radius 2 is 1.97 bits per heavy atom. The number of aliphatic hydroxyl groups excluding tert-OH is 1. The molecule has 0 radical (unpaired) electrons. The van der Waals surface area contributed by atoms with Crippen LogP contribution in [-0.2, 0) is 11.3 Å². The highest BCUT2D eigenvalue weighted by Gasteiger charge is 2.21. The van der Waals surface area contributed by atoms with Crippen LogP contribution in [0.3, 0.4) is 0 Å². The molecule has 1 unspecified atom stereocenters. The van der Waals surface area contributed by atoms with Gasteiger partial charge in [0.05, 0.1) is 29.9 Å². The number of hydrogen-bond acceptors (Lipinski definition) is 6. The van der Waals surface area contributed by atoms with E-state index in [2.05, 4.69) is 22.0 Å². The predicted octanol–water partition coefficient (Wildman–Crippen LogP) is 5.46. The van der Waals surface area contributed by atoms with Gasteiger partial charge in [0.15, 0.2) is 0 Å². The summed E-state index contributed by atoms with van der Waals surface area (Å²) in [7, 11) is 1.63. The number of nitrogens with zero attached hydrogens (tertiary/aromatic N) is 3. The van der Waals surface area contributed by atoms with Crippen molar-refractivity contribution in [1.29, 1.82) is 0 Å². The second-order valence-electron chi connectivity index (χ2n) is 9.17. The molecule has 0 bridgehead atoms. The van der Waals surface area contributed by atoms with Crippen LogP contribution in [0.2, 0.25) is 0 Å². The molecule has 1 aromatic carbocycles. The Kier molecular flexibility index (Phi) is 6.15. The third-order valence-electron chi connectivity index (χ3n) is 6.83. The Balaban J connectivity index is 1.65. The number of aliphatic hydroxyl groups is 1. The average Bonchev–Trinajstić information content (AvgIpc) is 3.37. The minimum Gasteiger partial charge on any atom is -0.496 e. The molecule has 7 nitrogen and oxygen atoms in total. The van der Waals surface area contributed by atoms with E-state index in [0.717, 1.165) is 82.9 Å². The Morgan fingerprint density at radius 3 is 2.65 bits per heavy atom. The van der Waals surface area contributed by atoms with Crippen LogP contribution < -0.4 is 4.74 Å². The Labute approximate surface area is 199 Å². The van der Waals surface area contributed by atoms with Gasteiger partial charge in [0.25, 0.3) is 0 Å². The number of aryl methyl sites for hydroxylation is 2. The molecule has 0 spiro atoms. The molecule has 4 heterocycles. The van der Waals surface area contributed by atoms with Gasteiger partial charge in [-0.2, -0.15) is 0 Å². The Bertz CT molecular complexity index is 1300. The molecular formula is C27H31N3O4. The highest BCUT2D eigenvalue weighted by Crippen LogP contribution is 2.37. The number of hydrogen-bond donors (Lipinski definition) is 1. The first kappa shape index (κ1) is 22.6. The second-order valence-corrected chi connectivity index (χ2v) is 9.17. The zero-order valence-electron chi connectivity index (χ0n) is 20.2. The van der Waals surface area contributed by atoms with Crippen LogP contribution >= 0.6 is 0 Å². The Morgan fingerprint density at radius 1 is 1.18 bits per heavy atom. The van der Waals surface area contributed by atoms with Crippen molar-refractivity contribution in [2.45, 2.75) is 46.3 Å². The third kappa shape index (κ3) is 4.10. The largest absolute Gasteiger partial charge is 0.496 e. The first-order valence-corrected chi connectivity index (χ1v) is 11.8. The first-order chi connectivity index (χ1) is 16.5. The lowest BCUT2D eigenvalue weighted by atomic mass is 10.0. The molecular weight excluding hydrogens is 430 g/mol. The van der Waals surface area contributed by atoms with Crippen LogP contribution in [0.1, 0.15) is 42.9 Å². The van der Waals surface area contributed by atoms with Crippen molar-refractivity contribution in [2.75, 3.05) is 20.3 Å². The zero-order chi connectivity index (χ0) is 23.8. The molecule has 34 heavy (non-hydrogen) atoms. The highest BCUT2D eigenvalue weighted by molar-refractivity contribution is 5.95. The molecule has 7 heteroatoms. The van der Waals surface area contributed by atoms with E-state index in [1.807, 2.05) is 38.2 Å². The molecule has 4 aromatic rings. The summed E-state index contributed by atoms with van der Waals surface area (Å²) in [5.41, 5.74) is 7.71. The topological polar surface area (TPSA) is 82.5 Å². The van der Waals surface area contributed by atoms with E-state index >= 15 is 0 Å². The summed E-state index contributed by atoms with van der Waals surface area (Å²) in [5, 5.41) is 14.2. The lowest BCUT2D eigenvalue weighted by Crippen LogP contribution is -2.20. The van der Waals surface area contributed by atoms with Crippen LogP contribution in [0.15, 0.2) is 41.2 Å². The number of aromatic nitrogens is 3. The van der Waals surface area contributed by atoms with Crippen LogP contribution in [0.4, 0.5) is 0 Å². The standard InChI is InChI=1S/C27H31N3O4/c1-16-26(18(3)34-29-16)21-11-24-27(28-13-21)23(15-30(24)14-19-7-9-33-10-8-19)20-5-6-22(17(2)31)25(12-20)32-4/h5-6,11-13,15,17,19,31H,7-10,14H2,1-4H3. The van der Waals surface area contributed by atoms with Gasteiger partial charge in [0.1, 0.15) is 11.5 Å². The van der Waals surface area contributed by atoms with E-state index in [-0.39, 0.29) is 0 Å². The van der Waals surface area contributed by atoms with Crippen molar-refractivity contribution in [2.24, 2.45) is 5.92 Å². The molecule has 0 saturated carbocycles. The Hall–Kier alpha value is -3.16. The van der Waals surface area contributed by atoms with Crippen LogP contribution in [0.5, 0.6) is 5.75 Å². The fraction of sp³-hybridized carbons (Fsp3) is 0.407. The monoisotopic (exact) mass is 461 g/mol.